The van der Waals surface area contributed by atoms with Crippen molar-refractivity contribution in [2.24, 2.45) is 5.92 Å². The molecule has 6 heteroatoms. The average molecular weight is 317 g/mol. The summed E-state index contributed by atoms with van der Waals surface area (Å²) in [6.45, 7) is 2.93. The van der Waals surface area contributed by atoms with Crippen LogP contribution in [0.3, 0.4) is 0 Å². The summed E-state index contributed by atoms with van der Waals surface area (Å²) in [6, 6.07) is 5.30. The normalized spacial score (nSPS) is 23.6. The lowest BCUT2D eigenvalue weighted by Crippen LogP contribution is -2.43. The molecule has 0 saturated carbocycles. The molecule has 1 amide bonds. The molecule has 1 fully saturated rings. The maximum absolute atomic E-state index is 12.3. The van der Waals surface area contributed by atoms with Crippen molar-refractivity contribution in [2.75, 3.05) is 20.3 Å². The van der Waals surface area contributed by atoms with Gasteiger partial charge in [-0.05, 0) is 31.7 Å². The van der Waals surface area contributed by atoms with Gasteiger partial charge in [-0.1, -0.05) is 29.3 Å². The number of carbonyl (C=O) groups is 1. The lowest BCUT2D eigenvalue weighted by atomic mass is 10.0. The molecule has 4 nitrogen and oxygen atoms in total. The fraction of sp³-hybridized carbons (Fsp3) is 0.500. The summed E-state index contributed by atoms with van der Waals surface area (Å²) >= 11 is 11.9. The van der Waals surface area contributed by atoms with Gasteiger partial charge in [-0.3, -0.25) is 4.79 Å². The van der Waals surface area contributed by atoms with Gasteiger partial charge in [-0.2, -0.15) is 0 Å². The van der Waals surface area contributed by atoms with Gasteiger partial charge in [0.25, 0.3) is 0 Å². The van der Waals surface area contributed by atoms with E-state index in [1.807, 2.05) is 20.0 Å². The number of amides is 1. The topological polar surface area (TPSA) is 50.4 Å². The largest absolute Gasteiger partial charge is 0.379 e. The van der Waals surface area contributed by atoms with Crippen LogP contribution in [-0.4, -0.2) is 32.2 Å². The van der Waals surface area contributed by atoms with E-state index in [1.165, 1.54) is 0 Å². The highest BCUT2D eigenvalue weighted by Gasteiger charge is 2.33. The van der Waals surface area contributed by atoms with Gasteiger partial charge < -0.3 is 15.4 Å². The van der Waals surface area contributed by atoms with Crippen LogP contribution in [0.2, 0.25) is 10.0 Å². The van der Waals surface area contributed by atoms with Crippen molar-refractivity contribution < 1.29 is 9.53 Å². The molecule has 1 aliphatic heterocycles. The smallest absolute Gasteiger partial charge is 0.227 e. The molecule has 1 aromatic carbocycles. The molecule has 3 unspecified atom stereocenters. The number of hydrogen-bond donors (Lipinski definition) is 2. The van der Waals surface area contributed by atoms with Gasteiger partial charge in [0, 0.05) is 6.04 Å². The molecule has 3 atom stereocenters. The predicted octanol–water partition coefficient (Wildman–Crippen LogP) is 2.41. The predicted molar refractivity (Wildman–Crippen MR) is 80.2 cm³/mol. The molecule has 0 bridgehead atoms. The molecule has 1 heterocycles. The fourth-order valence-electron chi connectivity index (χ4n) is 2.28. The van der Waals surface area contributed by atoms with E-state index in [0.717, 1.165) is 5.56 Å². The Bertz CT molecular complexity index is 496. The number of ether oxygens (including phenoxy) is 1. The number of carbonyl (C=O) groups excluding carboxylic acids is 1. The van der Waals surface area contributed by atoms with E-state index >= 15 is 0 Å². The summed E-state index contributed by atoms with van der Waals surface area (Å²) in [5, 5.41) is 7.08. The lowest BCUT2D eigenvalue weighted by molar-refractivity contribution is -0.126. The van der Waals surface area contributed by atoms with Crippen LogP contribution in [0.4, 0.5) is 0 Å². The number of nitrogens with one attached hydrogen (secondary N) is 2. The molecular formula is C14H18Cl2N2O2. The maximum atomic E-state index is 12.3. The summed E-state index contributed by atoms with van der Waals surface area (Å²) in [5.74, 6) is -0.175. The van der Waals surface area contributed by atoms with Crippen LogP contribution in [0.25, 0.3) is 0 Å². The summed E-state index contributed by atoms with van der Waals surface area (Å²) < 4.78 is 5.34. The number of likely N-dealkylation sites (N-methyl/N-ethyl adjacent to an activating group) is 1. The van der Waals surface area contributed by atoms with E-state index in [0.29, 0.717) is 23.3 Å². The minimum atomic E-state index is -0.162. The van der Waals surface area contributed by atoms with Crippen molar-refractivity contribution in [3.05, 3.63) is 33.8 Å². The first-order valence-electron chi connectivity index (χ1n) is 6.53. The Morgan fingerprint density at radius 3 is 2.75 bits per heavy atom. The third kappa shape index (κ3) is 3.44. The molecule has 110 valence electrons. The Balaban J connectivity index is 2.01. The summed E-state index contributed by atoms with van der Waals surface area (Å²) in [6.07, 6.45) is 0. The summed E-state index contributed by atoms with van der Waals surface area (Å²) in [7, 11) is 1.84. The molecule has 2 rings (SSSR count). The molecule has 0 aliphatic carbocycles. The molecule has 0 spiro atoms. The van der Waals surface area contributed by atoms with Crippen molar-refractivity contribution in [1.82, 2.24) is 10.6 Å². The van der Waals surface area contributed by atoms with Gasteiger partial charge in [-0.25, -0.2) is 0 Å². The molecule has 0 radical (unpaired) electrons. The molecule has 1 aliphatic rings. The molecular weight excluding hydrogens is 299 g/mol. The summed E-state index contributed by atoms with van der Waals surface area (Å²) in [5.41, 5.74) is 0.924. The van der Waals surface area contributed by atoms with E-state index in [1.54, 1.807) is 12.1 Å². The molecule has 1 aromatic rings. The van der Waals surface area contributed by atoms with Gasteiger partial charge in [0.1, 0.15) is 0 Å². The van der Waals surface area contributed by atoms with Gasteiger partial charge in [0.05, 0.1) is 35.2 Å². The van der Waals surface area contributed by atoms with Gasteiger partial charge >= 0.3 is 0 Å². The van der Waals surface area contributed by atoms with E-state index in [-0.39, 0.29) is 23.9 Å². The monoisotopic (exact) mass is 316 g/mol. The quantitative estimate of drug-likeness (QED) is 0.897. The van der Waals surface area contributed by atoms with Gasteiger partial charge in [0.15, 0.2) is 0 Å². The fourth-order valence-corrected chi connectivity index (χ4v) is 2.59. The summed E-state index contributed by atoms with van der Waals surface area (Å²) in [4.78, 5) is 12.3. The molecule has 1 saturated heterocycles. The van der Waals surface area contributed by atoms with Crippen molar-refractivity contribution in [3.63, 3.8) is 0 Å². The first-order valence-corrected chi connectivity index (χ1v) is 7.29. The van der Waals surface area contributed by atoms with Crippen molar-refractivity contribution in [1.29, 1.82) is 0 Å². The maximum Gasteiger partial charge on any atom is 0.227 e. The first-order chi connectivity index (χ1) is 9.52. The second-order valence-electron chi connectivity index (χ2n) is 4.94. The van der Waals surface area contributed by atoms with E-state index in [9.17, 15) is 4.79 Å². The van der Waals surface area contributed by atoms with Crippen LogP contribution in [0.15, 0.2) is 18.2 Å². The van der Waals surface area contributed by atoms with Crippen molar-refractivity contribution >= 4 is 29.1 Å². The Kier molecular flexibility index (Phi) is 5.27. The molecule has 2 N–H and O–H groups in total. The van der Waals surface area contributed by atoms with Gasteiger partial charge in [-0.15, -0.1) is 0 Å². The second kappa shape index (κ2) is 6.76. The minimum Gasteiger partial charge on any atom is -0.379 e. The van der Waals surface area contributed by atoms with Crippen molar-refractivity contribution in [2.45, 2.75) is 19.0 Å². The van der Waals surface area contributed by atoms with E-state index in [4.69, 9.17) is 27.9 Å². The Morgan fingerprint density at radius 1 is 1.35 bits per heavy atom. The Labute approximate surface area is 128 Å². The van der Waals surface area contributed by atoms with Gasteiger partial charge in [0.2, 0.25) is 5.91 Å². The zero-order valence-corrected chi connectivity index (χ0v) is 13.0. The minimum absolute atomic E-state index is 0.0135. The zero-order valence-electron chi connectivity index (χ0n) is 11.5. The number of rotatable bonds is 4. The Morgan fingerprint density at radius 2 is 2.10 bits per heavy atom. The van der Waals surface area contributed by atoms with Crippen LogP contribution in [0.1, 0.15) is 18.5 Å². The first kappa shape index (κ1) is 15.6. The number of halogens is 2. The lowest BCUT2D eigenvalue weighted by Gasteiger charge is -2.20. The van der Waals surface area contributed by atoms with Crippen LogP contribution >= 0.6 is 23.2 Å². The zero-order chi connectivity index (χ0) is 14.7. The highest BCUT2D eigenvalue weighted by atomic mass is 35.5. The third-order valence-corrected chi connectivity index (χ3v) is 4.33. The van der Waals surface area contributed by atoms with Crippen LogP contribution < -0.4 is 10.6 Å². The third-order valence-electron chi connectivity index (χ3n) is 3.59. The molecule has 0 aromatic heterocycles. The number of benzene rings is 1. The average Bonchev–Trinajstić information content (AvgIpc) is 2.90. The van der Waals surface area contributed by atoms with E-state index in [2.05, 4.69) is 10.6 Å². The highest BCUT2D eigenvalue weighted by Crippen LogP contribution is 2.26. The van der Waals surface area contributed by atoms with Crippen LogP contribution in [0, 0.1) is 5.92 Å². The number of hydrogen-bond acceptors (Lipinski definition) is 3. The van der Waals surface area contributed by atoms with Crippen LogP contribution in [-0.2, 0) is 9.53 Å². The van der Waals surface area contributed by atoms with Crippen LogP contribution in [0.5, 0.6) is 0 Å². The standard InChI is InChI=1S/C14H18Cl2N2O2/c1-8(9-3-4-11(15)12(16)5-9)18-14(19)10-6-20-7-13(10)17-2/h3-5,8,10,13,17H,6-7H2,1-2H3,(H,18,19). The second-order valence-corrected chi connectivity index (χ2v) is 5.76. The van der Waals surface area contributed by atoms with Crippen molar-refractivity contribution in [3.8, 4) is 0 Å². The highest BCUT2D eigenvalue weighted by molar-refractivity contribution is 6.42. The van der Waals surface area contributed by atoms with E-state index < -0.39 is 0 Å². The Hall–Kier alpha value is -0.810. The molecule has 20 heavy (non-hydrogen) atoms. The SMILES string of the molecule is CNC1COCC1C(=O)NC(C)c1ccc(Cl)c(Cl)c1.